The van der Waals surface area contributed by atoms with E-state index in [2.05, 4.69) is 4.98 Å². The van der Waals surface area contributed by atoms with E-state index < -0.39 is 4.92 Å². The van der Waals surface area contributed by atoms with Gasteiger partial charge in [-0.1, -0.05) is 24.3 Å². The average Bonchev–Trinajstić information content (AvgIpc) is 3.00. The Morgan fingerprint density at radius 3 is 2.23 bits per heavy atom. The number of benzene rings is 2. The van der Waals surface area contributed by atoms with Gasteiger partial charge in [0.15, 0.2) is 5.82 Å². The number of aromatic nitrogens is 2. The van der Waals surface area contributed by atoms with Crippen molar-refractivity contribution in [2.75, 3.05) is 6.54 Å². The van der Waals surface area contributed by atoms with E-state index in [0.29, 0.717) is 22.3 Å². The Hall–Kier alpha value is -3.55. The highest BCUT2D eigenvalue weighted by atomic mass is 16.6. The quantitative estimate of drug-likeness (QED) is 0.409. The first-order chi connectivity index (χ1) is 12.5. The van der Waals surface area contributed by atoms with Crippen LogP contribution in [0.25, 0.3) is 10.8 Å². The van der Waals surface area contributed by atoms with Crippen LogP contribution in [0.3, 0.4) is 0 Å². The van der Waals surface area contributed by atoms with Crippen molar-refractivity contribution in [3.8, 4) is 0 Å². The van der Waals surface area contributed by atoms with Gasteiger partial charge in [0.1, 0.15) is 12.7 Å². The van der Waals surface area contributed by atoms with Crippen molar-refractivity contribution in [3.05, 3.63) is 69.7 Å². The van der Waals surface area contributed by atoms with E-state index in [1.54, 1.807) is 31.2 Å². The van der Waals surface area contributed by atoms with E-state index in [-0.39, 0.29) is 30.7 Å². The summed E-state index contributed by atoms with van der Waals surface area (Å²) < 4.78 is 1.39. The molecule has 8 nitrogen and oxygen atoms in total. The van der Waals surface area contributed by atoms with E-state index in [4.69, 9.17) is 0 Å². The highest BCUT2D eigenvalue weighted by molar-refractivity contribution is 6.25. The van der Waals surface area contributed by atoms with E-state index in [9.17, 15) is 19.7 Å². The van der Waals surface area contributed by atoms with Crippen LogP contribution in [0.1, 0.15) is 26.5 Å². The zero-order valence-corrected chi connectivity index (χ0v) is 13.9. The second-order valence-corrected chi connectivity index (χ2v) is 6.04. The normalized spacial score (nSPS) is 13.5. The molecule has 2 amide bonds. The maximum absolute atomic E-state index is 12.8. The highest BCUT2D eigenvalue weighted by Crippen LogP contribution is 2.30. The van der Waals surface area contributed by atoms with Crippen molar-refractivity contribution < 1.29 is 14.5 Å². The number of nitro groups is 1. The lowest BCUT2D eigenvalue weighted by atomic mass is 9.94. The smallest absolute Gasteiger partial charge is 0.342 e. The summed E-state index contributed by atoms with van der Waals surface area (Å²) in [6.45, 7) is 1.78. The summed E-state index contributed by atoms with van der Waals surface area (Å²) >= 11 is 0. The second kappa shape index (κ2) is 5.76. The Labute approximate surface area is 147 Å². The van der Waals surface area contributed by atoms with Gasteiger partial charge in [0.2, 0.25) is 0 Å². The number of hydrogen-bond donors (Lipinski definition) is 0. The first-order valence-electron chi connectivity index (χ1n) is 8.03. The van der Waals surface area contributed by atoms with Crippen molar-refractivity contribution in [2.24, 2.45) is 0 Å². The van der Waals surface area contributed by atoms with Gasteiger partial charge in [-0.15, -0.1) is 0 Å². The lowest BCUT2D eigenvalue weighted by Gasteiger charge is -2.26. The molecule has 1 aromatic heterocycles. The first kappa shape index (κ1) is 15.9. The molecular weight excluding hydrogens is 336 g/mol. The Morgan fingerprint density at radius 2 is 1.65 bits per heavy atom. The minimum atomic E-state index is -0.532. The molecule has 8 heteroatoms. The van der Waals surface area contributed by atoms with Gasteiger partial charge in [-0.3, -0.25) is 14.5 Å². The van der Waals surface area contributed by atoms with Crippen LogP contribution in [0.4, 0.5) is 5.82 Å². The lowest BCUT2D eigenvalue weighted by molar-refractivity contribution is -0.392. The molecule has 0 bridgehead atoms. The fraction of sp³-hybridized carbons (Fsp3) is 0.167. The fourth-order valence-electron chi connectivity index (χ4n) is 3.36. The zero-order chi connectivity index (χ0) is 18.4. The van der Waals surface area contributed by atoms with Gasteiger partial charge in [0, 0.05) is 23.4 Å². The molecule has 3 aromatic rings. The van der Waals surface area contributed by atoms with Gasteiger partial charge in [0.05, 0.1) is 6.54 Å². The van der Waals surface area contributed by atoms with E-state index in [1.807, 2.05) is 12.1 Å². The molecule has 0 aliphatic carbocycles. The highest BCUT2D eigenvalue weighted by Gasteiger charge is 2.33. The molecule has 0 atom stereocenters. The SMILES string of the molecule is Cc1ncc([N+](=O)[O-])n1CCN1C(=O)c2cccc3cccc(c23)C1=O. The predicted octanol–water partition coefficient (Wildman–Crippen LogP) is 2.55. The molecule has 0 unspecified atom stereocenters. The number of hydrogen-bond acceptors (Lipinski definition) is 5. The van der Waals surface area contributed by atoms with Gasteiger partial charge in [0.25, 0.3) is 11.8 Å². The van der Waals surface area contributed by atoms with Crippen LogP contribution < -0.4 is 0 Å². The number of nitrogens with zero attached hydrogens (tertiary/aromatic N) is 4. The number of carbonyl (C=O) groups is 2. The van der Waals surface area contributed by atoms with Gasteiger partial charge in [-0.05, 0) is 22.4 Å². The molecule has 1 aliphatic rings. The van der Waals surface area contributed by atoms with Crippen molar-refractivity contribution in [3.63, 3.8) is 0 Å². The van der Waals surface area contributed by atoms with Crippen molar-refractivity contribution in [2.45, 2.75) is 13.5 Å². The van der Waals surface area contributed by atoms with E-state index in [1.165, 1.54) is 10.8 Å². The van der Waals surface area contributed by atoms with Crippen LogP contribution in [0.15, 0.2) is 42.6 Å². The van der Waals surface area contributed by atoms with E-state index >= 15 is 0 Å². The van der Waals surface area contributed by atoms with Crippen molar-refractivity contribution >= 4 is 28.4 Å². The molecule has 2 heterocycles. The molecule has 26 heavy (non-hydrogen) atoms. The summed E-state index contributed by atoms with van der Waals surface area (Å²) in [7, 11) is 0. The number of imide groups is 1. The van der Waals surface area contributed by atoms with Gasteiger partial charge < -0.3 is 10.1 Å². The fourth-order valence-corrected chi connectivity index (χ4v) is 3.36. The largest absolute Gasteiger partial charge is 0.358 e. The molecule has 1 aliphatic heterocycles. The number of imidazole rings is 1. The Bertz CT molecular complexity index is 1040. The second-order valence-electron chi connectivity index (χ2n) is 6.04. The van der Waals surface area contributed by atoms with Crippen LogP contribution in [0.5, 0.6) is 0 Å². The summed E-state index contributed by atoms with van der Waals surface area (Å²) in [5.41, 5.74) is 0.934. The zero-order valence-electron chi connectivity index (χ0n) is 13.9. The summed E-state index contributed by atoms with van der Waals surface area (Å²) in [4.78, 5) is 41.3. The molecule has 2 aromatic carbocycles. The maximum atomic E-state index is 12.8. The van der Waals surface area contributed by atoms with Crippen LogP contribution in [0, 0.1) is 17.0 Å². The third-order valence-corrected chi connectivity index (χ3v) is 4.62. The summed E-state index contributed by atoms with van der Waals surface area (Å²) in [5.74, 6) is -0.488. The molecule has 0 radical (unpaired) electrons. The Morgan fingerprint density at radius 1 is 1.04 bits per heavy atom. The number of amides is 2. The monoisotopic (exact) mass is 350 g/mol. The van der Waals surface area contributed by atoms with Crippen molar-refractivity contribution in [1.82, 2.24) is 14.5 Å². The maximum Gasteiger partial charge on any atom is 0.342 e. The number of aryl methyl sites for hydroxylation is 1. The third-order valence-electron chi connectivity index (χ3n) is 4.62. The molecule has 0 saturated carbocycles. The first-order valence-corrected chi connectivity index (χ1v) is 8.03. The average molecular weight is 350 g/mol. The van der Waals surface area contributed by atoms with Crippen LogP contribution in [0.2, 0.25) is 0 Å². The van der Waals surface area contributed by atoms with Crippen molar-refractivity contribution in [1.29, 1.82) is 0 Å². The minimum absolute atomic E-state index is 0.0282. The molecule has 0 N–H and O–H groups in total. The number of rotatable bonds is 4. The molecule has 130 valence electrons. The predicted molar refractivity (Wildman–Crippen MR) is 92.9 cm³/mol. The molecule has 0 spiro atoms. The van der Waals surface area contributed by atoms with Crippen LogP contribution in [-0.2, 0) is 6.54 Å². The minimum Gasteiger partial charge on any atom is -0.358 e. The summed E-state index contributed by atoms with van der Waals surface area (Å²) in [5, 5.41) is 12.6. The molecular formula is C18H14N4O4. The van der Waals surface area contributed by atoms with Gasteiger partial charge >= 0.3 is 5.82 Å². The molecule has 4 rings (SSSR count). The standard InChI is InChI=1S/C18H14N4O4/c1-11-19-10-15(22(25)26)20(11)8-9-21-17(23)13-6-2-4-12-5-3-7-14(16(12)13)18(21)24/h2-7,10H,8-9H2,1H3. The van der Waals surface area contributed by atoms with Gasteiger partial charge in [-0.2, -0.15) is 0 Å². The van der Waals surface area contributed by atoms with E-state index in [0.717, 1.165) is 10.3 Å². The summed E-state index contributed by atoms with van der Waals surface area (Å²) in [6, 6.07) is 10.7. The van der Waals surface area contributed by atoms with Crippen LogP contribution in [-0.4, -0.2) is 37.7 Å². The number of carbonyl (C=O) groups excluding carboxylic acids is 2. The molecule has 0 saturated heterocycles. The third kappa shape index (κ3) is 2.26. The summed E-state index contributed by atoms with van der Waals surface area (Å²) in [6.07, 6.45) is 1.17. The molecule has 0 fully saturated rings. The van der Waals surface area contributed by atoms with Gasteiger partial charge in [-0.25, -0.2) is 9.55 Å². The topological polar surface area (TPSA) is 98.3 Å². The Balaban J connectivity index is 1.70. The van der Waals surface area contributed by atoms with Crippen LogP contribution >= 0.6 is 0 Å². The Kier molecular flexibility index (Phi) is 3.54. The lowest BCUT2D eigenvalue weighted by Crippen LogP contribution is -2.42.